The van der Waals surface area contributed by atoms with E-state index in [0.29, 0.717) is 5.56 Å². The van der Waals surface area contributed by atoms with Crippen molar-refractivity contribution in [3.8, 4) is 0 Å². The van der Waals surface area contributed by atoms with Gasteiger partial charge in [-0.2, -0.15) is 0 Å². The zero-order chi connectivity index (χ0) is 25.5. The predicted octanol–water partition coefficient (Wildman–Crippen LogP) is 5.66. The van der Waals surface area contributed by atoms with Gasteiger partial charge in [-0.05, 0) is 37.1 Å². The summed E-state index contributed by atoms with van der Waals surface area (Å²) in [6, 6.07) is 11.3. The SMILES string of the molecule is O=C(c1ccccc1)c1ccc2c(c1)C(=O)/C(=C/c1c(F)c(F)c(CCCCl)c(F)c1F)S2(=O)=O. The summed E-state index contributed by atoms with van der Waals surface area (Å²) in [6.45, 7) is 0. The molecule has 0 fully saturated rings. The Bertz CT molecular complexity index is 1490. The molecule has 4 nitrogen and oxygen atoms in total. The highest BCUT2D eigenvalue weighted by Gasteiger charge is 2.40. The lowest BCUT2D eigenvalue weighted by Gasteiger charge is -2.10. The van der Waals surface area contributed by atoms with Gasteiger partial charge < -0.3 is 0 Å². The maximum absolute atomic E-state index is 14.6. The molecular formula is C25H15ClF4O4S. The number of Topliss-reactive ketones (excluding diaryl/α,β-unsaturated/α-hetero) is 1. The maximum atomic E-state index is 14.6. The number of allylic oxidation sites excluding steroid dienone is 1. The van der Waals surface area contributed by atoms with Gasteiger partial charge in [-0.1, -0.05) is 30.3 Å². The number of alkyl halides is 1. The van der Waals surface area contributed by atoms with Gasteiger partial charge in [0, 0.05) is 28.1 Å². The molecule has 0 radical (unpaired) electrons. The number of carbonyl (C=O) groups is 2. The zero-order valence-electron chi connectivity index (χ0n) is 17.7. The number of halogens is 5. The van der Waals surface area contributed by atoms with Crippen molar-refractivity contribution in [3.63, 3.8) is 0 Å². The molecule has 3 aromatic carbocycles. The first-order valence-electron chi connectivity index (χ1n) is 10.3. The lowest BCUT2D eigenvalue weighted by atomic mass is 9.99. The number of benzene rings is 3. The minimum absolute atomic E-state index is 0.00626. The summed E-state index contributed by atoms with van der Waals surface area (Å²) in [5, 5.41) is 0. The van der Waals surface area contributed by atoms with Crippen molar-refractivity contribution in [1.82, 2.24) is 0 Å². The molecule has 0 amide bonds. The highest BCUT2D eigenvalue weighted by molar-refractivity contribution is 7.97. The van der Waals surface area contributed by atoms with Crippen LogP contribution in [0.25, 0.3) is 6.08 Å². The van der Waals surface area contributed by atoms with Crippen LogP contribution in [0.4, 0.5) is 17.6 Å². The maximum Gasteiger partial charge on any atom is 0.211 e. The quantitative estimate of drug-likeness (QED) is 0.138. The summed E-state index contributed by atoms with van der Waals surface area (Å²) in [5.41, 5.74) is -2.29. The lowest BCUT2D eigenvalue weighted by Crippen LogP contribution is -2.09. The van der Waals surface area contributed by atoms with Gasteiger partial charge in [0.15, 0.2) is 29.1 Å². The smallest absolute Gasteiger partial charge is 0.211 e. The van der Waals surface area contributed by atoms with E-state index in [-0.39, 0.29) is 30.4 Å². The molecule has 3 aromatic rings. The van der Waals surface area contributed by atoms with Crippen LogP contribution in [-0.2, 0) is 16.3 Å². The standard InChI is InChI=1S/C25H15ClF4O4S/c26-10-4-7-15-20(27)22(29)17(23(30)21(15)28)12-19-25(32)16-11-14(8-9-18(16)35(19,33)34)24(31)13-5-2-1-3-6-13/h1-3,5-6,8-9,11-12H,4,7,10H2/b19-12-. The molecule has 0 unspecified atom stereocenters. The summed E-state index contributed by atoms with van der Waals surface area (Å²) in [4.78, 5) is 24.1. The summed E-state index contributed by atoms with van der Waals surface area (Å²) < 4.78 is 84.0. The van der Waals surface area contributed by atoms with E-state index in [1.807, 2.05) is 0 Å². The molecule has 180 valence electrons. The average Bonchev–Trinajstić information content (AvgIpc) is 3.05. The number of hydrogen-bond acceptors (Lipinski definition) is 4. The van der Waals surface area contributed by atoms with E-state index >= 15 is 0 Å². The first-order chi connectivity index (χ1) is 16.6. The normalized spacial score (nSPS) is 15.5. The van der Waals surface area contributed by atoms with Crippen LogP contribution in [0.5, 0.6) is 0 Å². The van der Waals surface area contributed by atoms with Gasteiger partial charge >= 0.3 is 0 Å². The molecule has 1 aliphatic rings. The van der Waals surface area contributed by atoms with Crippen LogP contribution in [0, 0.1) is 23.3 Å². The van der Waals surface area contributed by atoms with Crippen molar-refractivity contribution in [3.05, 3.63) is 105 Å². The van der Waals surface area contributed by atoms with E-state index < -0.39 is 71.2 Å². The second-order valence-electron chi connectivity index (χ2n) is 7.69. The van der Waals surface area contributed by atoms with Crippen LogP contribution in [0.15, 0.2) is 58.3 Å². The number of carbonyl (C=O) groups excluding carboxylic acids is 2. The second-order valence-corrected chi connectivity index (χ2v) is 9.95. The van der Waals surface area contributed by atoms with Gasteiger partial charge in [0.05, 0.1) is 10.5 Å². The van der Waals surface area contributed by atoms with Crippen LogP contribution in [-0.4, -0.2) is 25.9 Å². The van der Waals surface area contributed by atoms with E-state index in [1.54, 1.807) is 18.2 Å². The predicted molar refractivity (Wildman–Crippen MR) is 121 cm³/mol. The molecule has 10 heteroatoms. The zero-order valence-corrected chi connectivity index (χ0v) is 19.3. The largest absolute Gasteiger partial charge is 0.289 e. The van der Waals surface area contributed by atoms with Crippen molar-refractivity contribution in [2.75, 3.05) is 5.88 Å². The molecule has 0 aliphatic carbocycles. The summed E-state index contributed by atoms with van der Waals surface area (Å²) >= 11 is 5.47. The van der Waals surface area contributed by atoms with Crippen LogP contribution >= 0.6 is 11.6 Å². The third-order valence-electron chi connectivity index (χ3n) is 5.55. The highest BCUT2D eigenvalue weighted by Crippen LogP contribution is 2.37. The molecule has 4 rings (SSSR count). The van der Waals surface area contributed by atoms with E-state index in [9.17, 15) is 35.6 Å². The second kappa shape index (κ2) is 9.39. The van der Waals surface area contributed by atoms with E-state index in [4.69, 9.17) is 11.6 Å². The molecule has 0 aromatic heterocycles. The van der Waals surface area contributed by atoms with E-state index in [0.717, 1.165) is 12.1 Å². The number of rotatable bonds is 6. The molecule has 0 N–H and O–H groups in total. The Morgan fingerprint density at radius 2 is 1.51 bits per heavy atom. The first kappa shape index (κ1) is 24.8. The van der Waals surface area contributed by atoms with Gasteiger partial charge in [0.1, 0.15) is 4.91 Å². The van der Waals surface area contributed by atoms with E-state index in [2.05, 4.69) is 0 Å². The number of ketones is 2. The van der Waals surface area contributed by atoms with Gasteiger partial charge in [-0.25, -0.2) is 26.0 Å². The fraction of sp³-hybridized carbons (Fsp3) is 0.120. The van der Waals surface area contributed by atoms with Gasteiger partial charge in [0.2, 0.25) is 15.6 Å². The Kier molecular flexibility index (Phi) is 6.66. The number of hydrogen-bond donors (Lipinski definition) is 0. The van der Waals surface area contributed by atoms with Crippen molar-refractivity contribution in [2.45, 2.75) is 17.7 Å². The first-order valence-corrected chi connectivity index (χ1v) is 12.3. The highest BCUT2D eigenvalue weighted by atomic mass is 35.5. The van der Waals surface area contributed by atoms with Crippen LogP contribution < -0.4 is 0 Å². The van der Waals surface area contributed by atoms with Crippen LogP contribution in [0.2, 0.25) is 0 Å². The Balaban J connectivity index is 1.81. The van der Waals surface area contributed by atoms with Gasteiger partial charge in [-0.15, -0.1) is 11.6 Å². The number of fused-ring (bicyclic) bond motifs is 1. The van der Waals surface area contributed by atoms with Crippen LogP contribution in [0.3, 0.4) is 0 Å². The molecular weight excluding hydrogens is 508 g/mol. The molecule has 0 saturated carbocycles. The van der Waals surface area contributed by atoms with Crippen molar-refractivity contribution in [1.29, 1.82) is 0 Å². The molecule has 35 heavy (non-hydrogen) atoms. The van der Waals surface area contributed by atoms with Gasteiger partial charge in [0.25, 0.3) is 0 Å². The monoisotopic (exact) mass is 522 g/mol. The topological polar surface area (TPSA) is 68.3 Å². The Hall–Kier alpha value is -3.30. The fourth-order valence-corrected chi connectivity index (χ4v) is 5.46. The third kappa shape index (κ3) is 4.19. The summed E-state index contributed by atoms with van der Waals surface area (Å²) in [7, 11) is -4.58. The minimum Gasteiger partial charge on any atom is -0.289 e. The lowest BCUT2D eigenvalue weighted by molar-refractivity contribution is 0.103. The molecule has 0 spiro atoms. The van der Waals surface area contributed by atoms with Crippen molar-refractivity contribution >= 4 is 39.1 Å². The number of sulfone groups is 1. The minimum atomic E-state index is -4.58. The Morgan fingerprint density at radius 1 is 0.886 bits per heavy atom. The summed E-state index contributed by atoms with van der Waals surface area (Å²) in [5.74, 6) is -8.71. The third-order valence-corrected chi connectivity index (χ3v) is 7.63. The molecule has 0 bridgehead atoms. The Labute approximate surface area is 202 Å². The molecule has 1 heterocycles. The van der Waals surface area contributed by atoms with Crippen molar-refractivity contribution in [2.24, 2.45) is 0 Å². The van der Waals surface area contributed by atoms with Crippen molar-refractivity contribution < 1.29 is 35.6 Å². The Morgan fingerprint density at radius 3 is 2.11 bits per heavy atom. The molecule has 0 saturated heterocycles. The average molecular weight is 523 g/mol. The fourth-order valence-electron chi connectivity index (χ4n) is 3.77. The van der Waals surface area contributed by atoms with Gasteiger partial charge in [-0.3, -0.25) is 9.59 Å². The molecule has 1 aliphatic heterocycles. The molecule has 0 atom stereocenters. The van der Waals surface area contributed by atoms with Crippen LogP contribution in [0.1, 0.15) is 43.8 Å². The van der Waals surface area contributed by atoms with E-state index in [1.165, 1.54) is 18.2 Å². The summed E-state index contributed by atoms with van der Waals surface area (Å²) in [6.07, 6.45) is -0.0633.